The average molecular weight is 319 g/mol. The van der Waals surface area contributed by atoms with Gasteiger partial charge in [-0.15, -0.1) is 0 Å². The molecule has 0 N–H and O–H groups in total. The van der Waals surface area contributed by atoms with E-state index >= 15 is 0 Å². The van der Waals surface area contributed by atoms with E-state index in [9.17, 15) is 0 Å². The molecule has 2 rings (SSSR count). The van der Waals surface area contributed by atoms with Gasteiger partial charge >= 0.3 is 0 Å². The molecule has 1 aliphatic rings. The fraction of sp³-hybridized carbons (Fsp3) is 0.714. The van der Waals surface area contributed by atoms with Gasteiger partial charge < -0.3 is 9.47 Å². The van der Waals surface area contributed by atoms with Crippen molar-refractivity contribution in [3.05, 3.63) is 29.8 Å². The third kappa shape index (κ3) is 5.53. The molecule has 0 bridgehead atoms. The highest BCUT2D eigenvalue weighted by Crippen LogP contribution is 2.38. The Morgan fingerprint density at radius 1 is 1.13 bits per heavy atom. The number of hydrogen-bond donors (Lipinski definition) is 0. The number of hydrogen-bond acceptors (Lipinski definition) is 2. The van der Waals surface area contributed by atoms with Crippen LogP contribution in [-0.2, 0) is 4.74 Å². The Morgan fingerprint density at radius 3 is 2.43 bits per heavy atom. The van der Waals surface area contributed by atoms with Crippen LogP contribution in [0.5, 0.6) is 5.75 Å². The minimum atomic E-state index is -0.178. The molecule has 0 aromatic heterocycles. The van der Waals surface area contributed by atoms with Gasteiger partial charge in [-0.2, -0.15) is 0 Å². The predicted molar refractivity (Wildman–Crippen MR) is 97.0 cm³/mol. The predicted octanol–water partition coefficient (Wildman–Crippen LogP) is 6.30. The van der Waals surface area contributed by atoms with Crippen LogP contribution in [0.3, 0.4) is 0 Å². The molecule has 0 spiro atoms. The van der Waals surface area contributed by atoms with Crippen molar-refractivity contribution in [3.63, 3.8) is 0 Å². The van der Waals surface area contributed by atoms with Gasteiger partial charge in [0, 0.05) is 0 Å². The Kier molecular flexibility index (Phi) is 6.52. The first kappa shape index (κ1) is 18.3. The molecule has 0 radical (unpaired) electrons. The second-order valence-corrected chi connectivity index (χ2v) is 7.98. The quantitative estimate of drug-likeness (QED) is 0.573. The van der Waals surface area contributed by atoms with Crippen LogP contribution in [0.15, 0.2) is 24.3 Å². The Hall–Kier alpha value is -1.02. The van der Waals surface area contributed by atoms with Crippen LogP contribution in [0.2, 0.25) is 0 Å². The molecule has 0 aliphatic heterocycles. The lowest BCUT2D eigenvalue weighted by Gasteiger charge is -2.31. The summed E-state index contributed by atoms with van der Waals surface area (Å²) >= 11 is 0. The molecule has 130 valence electrons. The fourth-order valence-electron chi connectivity index (χ4n) is 3.84. The van der Waals surface area contributed by atoms with E-state index in [1.165, 1.54) is 37.7 Å². The summed E-state index contributed by atoms with van der Waals surface area (Å²) < 4.78 is 12.1. The molecule has 0 heterocycles. The molecule has 1 saturated carbocycles. The number of rotatable bonds is 6. The zero-order valence-corrected chi connectivity index (χ0v) is 15.6. The molecule has 1 aliphatic carbocycles. The highest BCUT2D eigenvalue weighted by molar-refractivity contribution is 5.31. The van der Waals surface area contributed by atoms with Gasteiger partial charge in [0.15, 0.2) is 6.29 Å². The van der Waals surface area contributed by atoms with Crippen LogP contribution < -0.4 is 4.74 Å². The van der Waals surface area contributed by atoms with E-state index in [-0.39, 0.29) is 11.7 Å². The molecule has 23 heavy (non-hydrogen) atoms. The lowest BCUT2D eigenvalue weighted by molar-refractivity contribution is -0.116. The van der Waals surface area contributed by atoms with Gasteiger partial charge in [0.1, 0.15) is 5.75 Å². The maximum absolute atomic E-state index is 6.07. The second-order valence-electron chi connectivity index (χ2n) is 7.98. The zero-order valence-electron chi connectivity index (χ0n) is 15.6. The maximum Gasteiger partial charge on any atom is 0.197 e. The first-order valence-electron chi connectivity index (χ1n) is 9.32. The molecule has 1 aromatic rings. The molecule has 0 saturated heterocycles. The molecule has 2 heteroatoms. The van der Waals surface area contributed by atoms with Crippen molar-refractivity contribution in [3.8, 4) is 5.75 Å². The number of ether oxygens (including phenoxy) is 2. The van der Waals surface area contributed by atoms with Crippen LogP contribution in [0.4, 0.5) is 0 Å². The Morgan fingerprint density at radius 2 is 1.83 bits per heavy atom. The van der Waals surface area contributed by atoms with Crippen molar-refractivity contribution in [2.24, 2.45) is 5.41 Å². The largest absolute Gasteiger partial charge is 0.465 e. The molecular weight excluding hydrogens is 284 g/mol. The molecule has 2 nitrogen and oxygen atoms in total. The van der Waals surface area contributed by atoms with E-state index in [1.807, 2.05) is 13.0 Å². The van der Waals surface area contributed by atoms with E-state index in [0.717, 1.165) is 12.2 Å². The van der Waals surface area contributed by atoms with E-state index in [4.69, 9.17) is 9.47 Å². The molecule has 2 atom stereocenters. The Bertz CT molecular complexity index is 469. The zero-order chi connectivity index (χ0) is 16.9. The third-order valence-electron chi connectivity index (χ3n) is 4.95. The smallest absolute Gasteiger partial charge is 0.197 e. The number of benzene rings is 1. The minimum absolute atomic E-state index is 0.178. The van der Waals surface area contributed by atoms with Crippen molar-refractivity contribution in [2.45, 2.75) is 91.5 Å². The summed E-state index contributed by atoms with van der Waals surface area (Å²) in [5.74, 6) is 1.47. The first-order chi connectivity index (χ1) is 10.9. The van der Waals surface area contributed by atoms with Gasteiger partial charge in [-0.3, -0.25) is 0 Å². The third-order valence-corrected chi connectivity index (χ3v) is 4.95. The van der Waals surface area contributed by atoms with Crippen LogP contribution in [0.25, 0.3) is 0 Å². The summed E-state index contributed by atoms with van der Waals surface area (Å²) in [6.45, 7) is 11.2. The topological polar surface area (TPSA) is 18.5 Å². The van der Waals surface area contributed by atoms with E-state index in [0.29, 0.717) is 12.0 Å². The molecule has 1 aromatic carbocycles. The lowest BCUT2D eigenvalue weighted by atomic mass is 9.75. The van der Waals surface area contributed by atoms with E-state index in [2.05, 4.69) is 45.9 Å². The normalized spacial score (nSPS) is 19.3. The van der Waals surface area contributed by atoms with Gasteiger partial charge in [0.2, 0.25) is 0 Å². The van der Waals surface area contributed by atoms with Crippen LogP contribution in [-0.4, -0.2) is 12.4 Å². The van der Waals surface area contributed by atoms with Gasteiger partial charge in [-0.1, -0.05) is 59.1 Å². The standard InChI is InChI=1S/C21H34O2/c1-6-20(21(3,4)5)17-11-10-14-19(15-17)23-16(2)22-18-12-8-7-9-13-18/h10-11,14-16,18,20H,6-9,12-13H2,1-5H3. The monoisotopic (exact) mass is 318 g/mol. The van der Waals surface area contributed by atoms with Crippen LogP contribution in [0, 0.1) is 5.41 Å². The molecule has 1 fully saturated rings. The summed E-state index contributed by atoms with van der Waals surface area (Å²) in [4.78, 5) is 0. The molecule has 0 amide bonds. The summed E-state index contributed by atoms with van der Waals surface area (Å²) in [6.07, 6.45) is 7.62. The van der Waals surface area contributed by atoms with Gasteiger partial charge in [-0.05, 0) is 55.2 Å². The van der Waals surface area contributed by atoms with Crippen LogP contribution >= 0.6 is 0 Å². The summed E-state index contributed by atoms with van der Waals surface area (Å²) in [5.41, 5.74) is 1.62. The summed E-state index contributed by atoms with van der Waals surface area (Å²) in [5, 5.41) is 0. The summed E-state index contributed by atoms with van der Waals surface area (Å²) in [6, 6.07) is 8.56. The van der Waals surface area contributed by atoms with Crippen molar-refractivity contribution in [1.29, 1.82) is 0 Å². The minimum Gasteiger partial charge on any atom is -0.465 e. The molecule has 2 unspecified atom stereocenters. The van der Waals surface area contributed by atoms with Crippen LogP contribution in [0.1, 0.15) is 84.6 Å². The van der Waals surface area contributed by atoms with Gasteiger partial charge in [0.05, 0.1) is 6.10 Å². The SMILES string of the molecule is CCC(c1cccc(OC(C)OC2CCCCC2)c1)C(C)(C)C. The highest BCUT2D eigenvalue weighted by atomic mass is 16.7. The lowest BCUT2D eigenvalue weighted by Crippen LogP contribution is -2.26. The maximum atomic E-state index is 6.07. The van der Waals surface area contributed by atoms with Gasteiger partial charge in [-0.25, -0.2) is 0 Å². The Balaban J connectivity index is 1.98. The highest BCUT2D eigenvalue weighted by Gasteiger charge is 2.25. The summed E-state index contributed by atoms with van der Waals surface area (Å²) in [7, 11) is 0. The fourth-order valence-corrected chi connectivity index (χ4v) is 3.84. The van der Waals surface area contributed by atoms with E-state index in [1.54, 1.807) is 0 Å². The van der Waals surface area contributed by atoms with Crippen molar-refractivity contribution >= 4 is 0 Å². The Labute approximate surface area is 142 Å². The van der Waals surface area contributed by atoms with Crippen molar-refractivity contribution in [2.75, 3.05) is 0 Å². The average Bonchev–Trinajstić information content (AvgIpc) is 2.47. The first-order valence-corrected chi connectivity index (χ1v) is 9.32. The van der Waals surface area contributed by atoms with Crippen molar-refractivity contribution in [1.82, 2.24) is 0 Å². The second kappa shape index (κ2) is 8.19. The van der Waals surface area contributed by atoms with Gasteiger partial charge in [0.25, 0.3) is 0 Å². The van der Waals surface area contributed by atoms with Crippen molar-refractivity contribution < 1.29 is 9.47 Å². The molecular formula is C21H34O2. The van der Waals surface area contributed by atoms with E-state index < -0.39 is 0 Å².